The molecule has 0 spiro atoms. The SMILES string of the molecule is CCNC(=NCCS(=O)(=O)c1ccc(Br)cc1)NC(C)COC. The number of methoxy groups -OCH3 is 1. The summed E-state index contributed by atoms with van der Waals surface area (Å²) in [7, 11) is -1.70. The molecular formula is C15H24BrN3O3S. The minimum absolute atomic E-state index is 0.0378. The lowest BCUT2D eigenvalue weighted by Gasteiger charge is -2.16. The van der Waals surface area contributed by atoms with Crippen molar-refractivity contribution in [3.05, 3.63) is 28.7 Å². The molecular weight excluding hydrogens is 382 g/mol. The molecule has 0 aliphatic heterocycles. The summed E-state index contributed by atoms with van der Waals surface area (Å²) < 4.78 is 30.4. The minimum Gasteiger partial charge on any atom is -0.383 e. The van der Waals surface area contributed by atoms with Crippen molar-refractivity contribution in [2.75, 3.05) is 32.6 Å². The number of hydrogen-bond acceptors (Lipinski definition) is 4. The molecule has 130 valence electrons. The highest BCUT2D eigenvalue weighted by molar-refractivity contribution is 9.10. The van der Waals surface area contributed by atoms with Crippen molar-refractivity contribution in [1.82, 2.24) is 10.6 Å². The van der Waals surface area contributed by atoms with Crippen LogP contribution in [0.25, 0.3) is 0 Å². The van der Waals surface area contributed by atoms with Gasteiger partial charge in [-0.1, -0.05) is 15.9 Å². The molecule has 1 unspecified atom stereocenters. The number of sulfone groups is 1. The summed E-state index contributed by atoms with van der Waals surface area (Å²) in [6.07, 6.45) is 0. The van der Waals surface area contributed by atoms with Gasteiger partial charge in [0.05, 0.1) is 23.8 Å². The van der Waals surface area contributed by atoms with Gasteiger partial charge < -0.3 is 15.4 Å². The van der Waals surface area contributed by atoms with Crippen molar-refractivity contribution in [1.29, 1.82) is 0 Å². The van der Waals surface area contributed by atoms with Gasteiger partial charge in [-0.15, -0.1) is 0 Å². The van der Waals surface area contributed by atoms with Crippen LogP contribution < -0.4 is 10.6 Å². The highest BCUT2D eigenvalue weighted by atomic mass is 79.9. The lowest BCUT2D eigenvalue weighted by atomic mass is 10.4. The van der Waals surface area contributed by atoms with E-state index in [2.05, 4.69) is 31.6 Å². The number of hydrogen-bond donors (Lipinski definition) is 2. The Labute approximate surface area is 146 Å². The molecule has 0 amide bonds. The van der Waals surface area contributed by atoms with Crippen molar-refractivity contribution in [2.24, 2.45) is 4.99 Å². The number of nitrogens with one attached hydrogen (secondary N) is 2. The van der Waals surface area contributed by atoms with Crippen LogP contribution in [0.3, 0.4) is 0 Å². The normalized spacial score (nSPS) is 13.7. The first-order valence-electron chi connectivity index (χ1n) is 7.41. The highest BCUT2D eigenvalue weighted by Gasteiger charge is 2.14. The van der Waals surface area contributed by atoms with E-state index < -0.39 is 9.84 Å². The van der Waals surface area contributed by atoms with Gasteiger partial charge in [0.1, 0.15) is 0 Å². The topological polar surface area (TPSA) is 79.8 Å². The Morgan fingerprint density at radius 1 is 1.35 bits per heavy atom. The average molecular weight is 406 g/mol. The standard InChI is InChI=1S/C15H24BrN3O3S/c1-4-17-15(19-12(2)11-22-3)18-9-10-23(20,21)14-7-5-13(16)6-8-14/h5-8,12H,4,9-11H2,1-3H3,(H2,17,18,19). The lowest BCUT2D eigenvalue weighted by molar-refractivity contribution is 0.179. The van der Waals surface area contributed by atoms with Crippen LogP contribution in [0.2, 0.25) is 0 Å². The predicted octanol–water partition coefficient (Wildman–Crippen LogP) is 1.81. The van der Waals surface area contributed by atoms with E-state index in [1.165, 1.54) is 0 Å². The number of guanidine groups is 1. The molecule has 23 heavy (non-hydrogen) atoms. The fraction of sp³-hybridized carbons (Fsp3) is 0.533. The maximum atomic E-state index is 12.3. The Hall–Kier alpha value is -1.12. The van der Waals surface area contributed by atoms with E-state index in [9.17, 15) is 8.42 Å². The Balaban J connectivity index is 2.67. The molecule has 1 rings (SSSR count). The Bertz CT molecular complexity index is 603. The van der Waals surface area contributed by atoms with Crippen molar-refractivity contribution in [3.63, 3.8) is 0 Å². The van der Waals surface area contributed by atoms with E-state index >= 15 is 0 Å². The van der Waals surface area contributed by atoms with Gasteiger partial charge in [0, 0.05) is 24.2 Å². The Kier molecular flexibility index (Phi) is 8.57. The maximum absolute atomic E-state index is 12.3. The minimum atomic E-state index is -3.33. The number of rotatable bonds is 8. The second kappa shape index (κ2) is 9.89. The molecule has 1 aromatic carbocycles. The monoisotopic (exact) mass is 405 g/mol. The van der Waals surface area contributed by atoms with Gasteiger partial charge in [0.15, 0.2) is 15.8 Å². The summed E-state index contributed by atoms with van der Waals surface area (Å²) in [6.45, 7) is 5.35. The highest BCUT2D eigenvalue weighted by Crippen LogP contribution is 2.15. The number of ether oxygens (including phenoxy) is 1. The van der Waals surface area contributed by atoms with Gasteiger partial charge in [-0.3, -0.25) is 4.99 Å². The van der Waals surface area contributed by atoms with Gasteiger partial charge in [-0.25, -0.2) is 8.42 Å². The summed E-state index contributed by atoms with van der Waals surface area (Å²) in [4.78, 5) is 4.62. The van der Waals surface area contributed by atoms with Crippen LogP contribution in [0.4, 0.5) is 0 Å². The van der Waals surface area contributed by atoms with Crippen molar-refractivity contribution >= 4 is 31.7 Å². The molecule has 6 nitrogen and oxygen atoms in total. The van der Waals surface area contributed by atoms with Gasteiger partial charge in [0.2, 0.25) is 0 Å². The van der Waals surface area contributed by atoms with Gasteiger partial charge in [-0.2, -0.15) is 0 Å². The zero-order valence-electron chi connectivity index (χ0n) is 13.7. The van der Waals surface area contributed by atoms with Crippen LogP contribution in [0.15, 0.2) is 38.6 Å². The third kappa shape index (κ3) is 7.32. The molecule has 1 aromatic rings. The first-order valence-corrected chi connectivity index (χ1v) is 9.85. The summed E-state index contributed by atoms with van der Waals surface area (Å²) >= 11 is 3.29. The molecule has 1 atom stereocenters. The van der Waals surface area contributed by atoms with E-state index in [4.69, 9.17) is 4.74 Å². The smallest absolute Gasteiger partial charge is 0.191 e. The van der Waals surface area contributed by atoms with Crippen LogP contribution in [0.1, 0.15) is 13.8 Å². The number of halogens is 1. The van der Waals surface area contributed by atoms with Crippen molar-refractivity contribution in [3.8, 4) is 0 Å². The number of nitrogens with zero attached hydrogens (tertiary/aromatic N) is 1. The predicted molar refractivity (Wildman–Crippen MR) is 96.6 cm³/mol. The Morgan fingerprint density at radius 2 is 2.00 bits per heavy atom. The molecule has 0 radical (unpaired) electrons. The van der Waals surface area contributed by atoms with Gasteiger partial charge in [0.25, 0.3) is 0 Å². The molecule has 0 aromatic heterocycles. The summed E-state index contributed by atoms with van der Waals surface area (Å²) in [6, 6.07) is 6.70. The van der Waals surface area contributed by atoms with Crippen LogP contribution in [0.5, 0.6) is 0 Å². The van der Waals surface area contributed by atoms with E-state index in [-0.39, 0.29) is 18.3 Å². The molecule has 0 saturated heterocycles. The zero-order valence-corrected chi connectivity index (χ0v) is 16.1. The van der Waals surface area contributed by atoms with Crippen molar-refractivity contribution in [2.45, 2.75) is 24.8 Å². The summed E-state index contributed by atoms with van der Waals surface area (Å²) in [5, 5.41) is 6.25. The molecule has 8 heteroatoms. The second-order valence-corrected chi connectivity index (χ2v) is 8.06. The summed E-state index contributed by atoms with van der Waals surface area (Å²) in [5.41, 5.74) is 0. The third-order valence-corrected chi connectivity index (χ3v) is 5.19. The Morgan fingerprint density at radius 3 is 2.57 bits per heavy atom. The van der Waals surface area contributed by atoms with Gasteiger partial charge in [-0.05, 0) is 38.1 Å². The molecule has 0 bridgehead atoms. The quantitative estimate of drug-likeness (QED) is 0.509. The number of benzene rings is 1. The van der Waals surface area contributed by atoms with Gasteiger partial charge >= 0.3 is 0 Å². The third-order valence-electron chi connectivity index (χ3n) is 2.95. The van der Waals surface area contributed by atoms with Crippen LogP contribution in [-0.4, -0.2) is 53.0 Å². The molecule has 0 aliphatic rings. The van der Waals surface area contributed by atoms with Crippen molar-refractivity contribution < 1.29 is 13.2 Å². The van der Waals surface area contributed by atoms with E-state index in [1.807, 2.05) is 13.8 Å². The van der Waals surface area contributed by atoms with E-state index in [0.29, 0.717) is 24.0 Å². The van der Waals surface area contributed by atoms with Crippen LogP contribution in [-0.2, 0) is 14.6 Å². The average Bonchev–Trinajstić information content (AvgIpc) is 2.48. The second-order valence-electron chi connectivity index (χ2n) is 5.03. The summed E-state index contributed by atoms with van der Waals surface area (Å²) in [5.74, 6) is 0.548. The lowest BCUT2D eigenvalue weighted by Crippen LogP contribution is -2.44. The van der Waals surface area contributed by atoms with Crippen LogP contribution in [0, 0.1) is 0 Å². The van der Waals surface area contributed by atoms with E-state index in [0.717, 1.165) is 4.47 Å². The first-order chi connectivity index (χ1) is 10.9. The van der Waals surface area contributed by atoms with E-state index in [1.54, 1.807) is 31.4 Å². The molecule has 0 aliphatic carbocycles. The number of aliphatic imine (C=N–C) groups is 1. The van der Waals surface area contributed by atoms with Crippen LogP contribution >= 0.6 is 15.9 Å². The molecule has 0 fully saturated rings. The molecule has 0 saturated carbocycles. The fourth-order valence-electron chi connectivity index (χ4n) is 1.88. The first kappa shape index (κ1) is 19.9. The largest absolute Gasteiger partial charge is 0.383 e. The zero-order chi connectivity index (χ0) is 17.3. The maximum Gasteiger partial charge on any atom is 0.191 e. The molecule has 0 heterocycles. The molecule has 2 N–H and O–H groups in total. The fourth-order valence-corrected chi connectivity index (χ4v) is 3.26.